The highest BCUT2D eigenvalue weighted by molar-refractivity contribution is 7.21. The van der Waals surface area contributed by atoms with Crippen LogP contribution in [0.15, 0.2) is 30.5 Å². The molecule has 0 amide bonds. The third kappa shape index (κ3) is 2.72. The number of terminal acetylenes is 1. The van der Waals surface area contributed by atoms with E-state index in [1.54, 1.807) is 24.6 Å². The van der Waals surface area contributed by atoms with Gasteiger partial charge in [0.15, 0.2) is 0 Å². The van der Waals surface area contributed by atoms with Gasteiger partial charge in [0.2, 0.25) is 5.88 Å². The van der Waals surface area contributed by atoms with Gasteiger partial charge in [-0.15, -0.1) is 11.3 Å². The SMILES string of the molecule is C#COc1cc(C)c2nc(-c3cc(C)cc4nc(OC)cnc34)sc2c1. The van der Waals surface area contributed by atoms with Gasteiger partial charge >= 0.3 is 0 Å². The Kier molecular flexibility index (Phi) is 3.94. The molecular weight excluding hydrogens is 346 g/mol. The fourth-order valence-electron chi connectivity index (χ4n) is 2.92. The molecule has 128 valence electrons. The molecule has 0 radical (unpaired) electrons. The van der Waals surface area contributed by atoms with Crippen molar-refractivity contribution >= 4 is 32.6 Å². The summed E-state index contributed by atoms with van der Waals surface area (Å²) >= 11 is 1.58. The Hall–Kier alpha value is -3.17. The van der Waals surface area contributed by atoms with E-state index in [1.807, 2.05) is 32.0 Å². The van der Waals surface area contributed by atoms with Crippen LogP contribution in [0.5, 0.6) is 11.6 Å². The number of hydrogen-bond donors (Lipinski definition) is 0. The first-order chi connectivity index (χ1) is 12.6. The number of aromatic nitrogens is 3. The highest BCUT2D eigenvalue weighted by Gasteiger charge is 2.15. The molecule has 5 nitrogen and oxygen atoms in total. The Balaban J connectivity index is 1.95. The maximum Gasteiger partial charge on any atom is 0.232 e. The zero-order valence-electron chi connectivity index (χ0n) is 14.5. The molecule has 0 saturated carbocycles. The van der Waals surface area contributed by atoms with Gasteiger partial charge in [0.1, 0.15) is 16.9 Å². The summed E-state index contributed by atoms with van der Waals surface area (Å²) in [6, 6.07) is 7.88. The lowest BCUT2D eigenvalue weighted by atomic mass is 10.1. The first-order valence-corrected chi connectivity index (χ1v) is 8.76. The van der Waals surface area contributed by atoms with E-state index in [9.17, 15) is 0 Å². The Morgan fingerprint density at radius 3 is 2.69 bits per heavy atom. The number of nitrogens with zero attached hydrogens (tertiary/aromatic N) is 3. The van der Waals surface area contributed by atoms with E-state index >= 15 is 0 Å². The normalized spacial score (nSPS) is 10.8. The summed E-state index contributed by atoms with van der Waals surface area (Å²) in [7, 11) is 1.58. The number of aryl methyl sites for hydroxylation is 2. The molecular formula is C20H15N3O2S. The van der Waals surface area contributed by atoms with Gasteiger partial charge in [-0.2, -0.15) is 0 Å². The van der Waals surface area contributed by atoms with Crippen LogP contribution < -0.4 is 9.47 Å². The molecule has 0 aliphatic carbocycles. The number of thiazole rings is 1. The highest BCUT2D eigenvalue weighted by atomic mass is 32.1. The van der Waals surface area contributed by atoms with Gasteiger partial charge in [0.05, 0.1) is 34.6 Å². The molecule has 0 saturated heterocycles. The van der Waals surface area contributed by atoms with Crippen molar-refractivity contribution in [2.24, 2.45) is 0 Å². The minimum absolute atomic E-state index is 0.491. The predicted molar refractivity (Wildman–Crippen MR) is 104 cm³/mol. The van der Waals surface area contributed by atoms with E-state index in [4.69, 9.17) is 20.9 Å². The van der Waals surface area contributed by atoms with Crippen LogP contribution in [0.1, 0.15) is 11.1 Å². The summed E-state index contributed by atoms with van der Waals surface area (Å²) < 4.78 is 11.4. The molecule has 0 unspecified atom stereocenters. The maximum atomic E-state index is 5.24. The largest absolute Gasteiger partial charge is 0.480 e. The summed E-state index contributed by atoms with van der Waals surface area (Å²) in [5.41, 5.74) is 5.57. The van der Waals surface area contributed by atoms with Crippen molar-refractivity contribution in [3.63, 3.8) is 0 Å². The van der Waals surface area contributed by atoms with Crippen molar-refractivity contribution in [2.45, 2.75) is 13.8 Å². The van der Waals surface area contributed by atoms with Crippen LogP contribution in [0.4, 0.5) is 0 Å². The van der Waals surface area contributed by atoms with Crippen LogP contribution in [0, 0.1) is 26.4 Å². The first kappa shape index (κ1) is 16.3. The third-order valence-corrected chi connectivity index (χ3v) is 5.08. The Morgan fingerprint density at radius 2 is 1.92 bits per heavy atom. The second-order valence-electron chi connectivity index (χ2n) is 5.92. The van der Waals surface area contributed by atoms with Crippen molar-refractivity contribution in [1.29, 1.82) is 0 Å². The molecule has 0 fully saturated rings. The number of ether oxygens (including phenoxy) is 2. The average molecular weight is 361 g/mol. The van der Waals surface area contributed by atoms with Gasteiger partial charge in [0, 0.05) is 11.6 Å². The van der Waals surface area contributed by atoms with E-state index in [-0.39, 0.29) is 0 Å². The maximum absolute atomic E-state index is 5.24. The van der Waals surface area contributed by atoms with Crippen molar-refractivity contribution in [3.05, 3.63) is 41.6 Å². The zero-order chi connectivity index (χ0) is 18.3. The minimum Gasteiger partial charge on any atom is -0.480 e. The van der Waals surface area contributed by atoms with Crippen molar-refractivity contribution < 1.29 is 9.47 Å². The molecule has 4 rings (SSSR count). The van der Waals surface area contributed by atoms with E-state index in [0.29, 0.717) is 11.6 Å². The van der Waals surface area contributed by atoms with Gasteiger partial charge < -0.3 is 9.47 Å². The molecule has 2 aromatic carbocycles. The Labute approximate surface area is 154 Å². The van der Waals surface area contributed by atoms with Crippen LogP contribution in [0.2, 0.25) is 0 Å². The molecule has 26 heavy (non-hydrogen) atoms. The quantitative estimate of drug-likeness (QED) is 0.503. The second kappa shape index (κ2) is 6.28. The third-order valence-electron chi connectivity index (χ3n) is 4.04. The number of methoxy groups -OCH3 is 1. The number of hydrogen-bond acceptors (Lipinski definition) is 6. The monoisotopic (exact) mass is 361 g/mol. The fourth-order valence-corrected chi connectivity index (χ4v) is 4.01. The van der Waals surface area contributed by atoms with Crippen molar-refractivity contribution in [2.75, 3.05) is 7.11 Å². The average Bonchev–Trinajstić information content (AvgIpc) is 3.05. The van der Waals surface area contributed by atoms with Crippen LogP contribution in [-0.4, -0.2) is 22.1 Å². The first-order valence-electron chi connectivity index (χ1n) is 7.94. The smallest absolute Gasteiger partial charge is 0.232 e. The van der Waals surface area contributed by atoms with Gasteiger partial charge in [-0.1, -0.05) is 6.42 Å². The fraction of sp³-hybridized carbons (Fsp3) is 0.150. The Morgan fingerprint density at radius 1 is 1.08 bits per heavy atom. The summed E-state index contributed by atoms with van der Waals surface area (Å²) in [6.45, 7) is 4.02. The van der Waals surface area contributed by atoms with Gasteiger partial charge in [0.25, 0.3) is 0 Å². The van der Waals surface area contributed by atoms with Crippen LogP contribution in [0.3, 0.4) is 0 Å². The molecule has 0 N–H and O–H groups in total. The number of benzene rings is 2. The zero-order valence-corrected chi connectivity index (χ0v) is 15.3. The molecule has 0 aliphatic heterocycles. The standard InChI is InChI=1S/C20H15N3O2S/c1-5-25-13-8-12(3)18-16(9-13)26-20(23-18)14-6-11(2)7-15-19(14)21-10-17(22-15)24-4/h1,6-10H,2-4H3. The van der Waals surface area contributed by atoms with Gasteiger partial charge in [-0.25, -0.2) is 15.0 Å². The van der Waals surface area contributed by atoms with Gasteiger partial charge in [-0.05, 0) is 43.2 Å². The molecule has 6 heteroatoms. The molecule has 4 aromatic rings. The molecule has 2 heterocycles. The lowest BCUT2D eigenvalue weighted by Crippen LogP contribution is -1.93. The number of fused-ring (bicyclic) bond motifs is 2. The Bertz CT molecular complexity index is 1190. The van der Waals surface area contributed by atoms with Gasteiger partial charge in [-0.3, -0.25) is 0 Å². The molecule has 0 aliphatic rings. The molecule has 0 bridgehead atoms. The van der Waals surface area contributed by atoms with Crippen LogP contribution in [0.25, 0.3) is 31.8 Å². The predicted octanol–water partition coefficient (Wildman–Crippen LogP) is 4.50. The topological polar surface area (TPSA) is 57.1 Å². The summed E-state index contributed by atoms with van der Waals surface area (Å²) in [5, 5.41) is 0.883. The van der Waals surface area contributed by atoms with E-state index < -0.39 is 0 Å². The second-order valence-corrected chi connectivity index (χ2v) is 6.95. The summed E-state index contributed by atoms with van der Waals surface area (Å²) in [6.07, 6.45) is 9.08. The van der Waals surface area contributed by atoms with Crippen molar-refractivity contribution in [1.82, 2.24) is 15.0 Å². The number of rotatable bonds is 3. The lowest BCUT2D eigenvalue weighted by Gasteiger charge is -2.06. The molecule has 2 aromatic heterocycles. The minimum atomic E-state index is 0.491. The van der Waals surface area contributed by atoms with E-state index in [0.717, 1.165) is 42.9 Å². The summed E-state index contributed by atoms with van der Waals surface area (Å²) in [5.74, 6) is 1.14. The van der Waals surface area contributed by atoms with Crippen LogP contribution in [-0.2, 0) is 0 Å². The van der Waals surface area contributed by atoms with E-state index in [2.05, 4.69) is 22.1 Å². The summed E-state index contributed by atoms with van der Waals surface area (Å²) in [4.78, 5) is 13.9. The lowest BCUT2D eigenvalue weighted by molar-refractivity contribution is 0.397. The van der Waals surface area contributed by atoms with E-state index in [1.165, 1.54) is 0 Å². The van der Waals surface area contributed by atoms with Crippen LogP contribution >= 0.6 is 11.3 Å². The van der Waals surface area contributed by atoms with Crippen molar-refractivity contribution in [3.8, 4) is 34.7 Å². The highest BCUT2D eigenvalue weighted by Crippen LogP contribution is 2.37. The molecule has 0 spiro atoms. The molecule has 0 atom stereocenters.